The van der Waals surface area contributed by atoms with Crippen LogP contribution in [0.3, 0.4) is 0 Å². The van der Waals surface area contributed by atoms with Gasteiger partial charge in [0.15, 0.2) is 5.69 Å². The second-order valence-corrected chi connectivity index (χ2v) is 10.0. The maximum absolute atomic E-state index is 14.4. The van der Waals surface area contributed by atoms with E-state index >= 15 is 0 Å². The van der Waals surface area contributed by atoms with E-state index in [4.69, 9.17) is 4.74 Å². The van der Waals surface area contributed by atoms with Gasteiger partial charge in [-0.2, -0.15) is 18.3 Å². The lowest BCUT2D eigenvalue weighted by molar-refractivity contribution is -0.141. The molecule has 1 aliphatic heterocycles. The zero-order valence-corrected chi connectivity index (χ0v) is 19.5. The van der Waals surface area contributed by atoms with Crippen LogP contribution in [-0.2, 0) is 38.8 Å². The van der Waals surface area contributed by atoms with Crippen LogP contribution in [0.5, 0.6) is 0 Å². The molecule has 13 heteroatoms. The Balaban J connectivity index is 1.70. The molecule has 0 bridgehead atoms. The molecule has 1 atom stereocenters. The van der Waals surface area contributed by atoms with Gasteiger partial charge < -0.3 is 10.1 Å². The minimum atomic E-state index is -4.62. The van der Waals surface area contributed by atoms with Crippen LogP contribution in [-0.4, -0.2) is 43.6 Å². The summed E-state index contributed by atoms with van der Waals surface area (Å²) in [6, 6.07) is 4.67. The number of alkyl halides is 3. The third-order valence-corrected chi connectivity index (χ3v) is 6.25. The number of amides is 1. The Morgan fingerprint density at radius 2 is 1.91 bits per heavy atom. The number of ether oxygens (including phenoxy) is 1. The zero-order chi connectivity index (χ0) is 25.1. The molecule has 2 aromatic rings. The molecular formula is C21H26F4N4O4S. The van der Waals surface area contributed by atoms with E-state index in [1.54, 1.807) is 0 Å². The van der Waals surface area contributed by atoms with Gasteiger partial charge in [-0.3, -0.25) is 9.48 Å². The summed E-state index contributed by atoms with van der Waals surface area (Å²) in [6.07, 6.45) is -2.64. The lowest BCUT2D eigenvalue weighted by atomic mass is 9.98. The minimum Gasteiger partial charge on any atom is -0.381 e. The summed E-state index contributed by atoms with van der Waals surface area (Å²) in [5, 5.41) is 6.34. The van der Waals surface area contributed by atoms with Gasteiger partial charge in [0.2, 0.25) is 15.9 Å². The lowest BCUT2D eigenvalue weighted by Crippen LogP contribution is -2.30. The van der Waals surface area contributed by atoms with Crippen LogP contribution in [0.1, 0.15) is 54.2 Å². The Kier molecular flexibility index (Phi) is 7.98. The van der Waals surface area contributed by atoms with E-state index in [1.165, 1.54) is 23.7 Å². The van der Waals surface area contributed by atoms with E-state index in [-0.39, 0.29) is 30.4 Å². The Hall–Kier alpha value is -2.51. The molecular weight excluding hydrogens is 480 g/mol. The molecule has 2 N–H and O–H groups in total. The number of hydrogen-bond acceptors (Lipinski definition) is 5. The average molecular weight is 507 g/mol. The van der Waals surface area contributed by atoms with E-state index in [0.717, 1.165) is 18.4 Å². The van der Waals surface area contributed by atoms with Gasteiger partial charge in [0.1, 0.15) is 5.82 Å². The molecule has 0 saturated carbocycles. The van der Waals surface area contributed by atoms with E-state index in [0.29, 0.717) is 31.6 Å². The SMILES string of the molecule is CC(C(=O)NCc1cc(C(F)(F)F)nn1C1CCOCC1)c1ccc(CNS(C)(=O)=O)c(F)c1. The molecule has 2 heterocycles. The van der Waals surface area contributed by atoms with Crippen molar-refractivity contribution in [3.05, 3.63) is 52.6 Å². The fourth-order valence-electron chi connectivity index (χ4n) is 3.62. The van der Waals surface area contributed by atoms with Gasteiger partial charge in [0.05, 0.1) is 30.5 Å². The van der Waals surface area contributed by atoms with Crippen molar-refractivity contribution in [1.29, 1.82) is 0 Å². The molecule has 0 spiro atoms. The molecule has 1 saturated heterocycles. The number of halogens is 4. The second kappa shape index (κ2) is 10.4. The largest absolute Gasteiger partial charge is 0.435 e. The molecule has 188 valence electrons. The maximum Gasteiger partial charge on any atom is 0.435 e. The Morgan fingerprint density at radius 3 is 2.50 bits per heavy atom. The van der Waals surface area contributed by atoms with Crippen LogP contribution < -0.4 is 10.0 Å². The highest BCUT2D eigenvalue weighted by Crippen LogP contribution is 2.31. The van der Waals surface area contributed by atoms with Crippen molar-refractivity contribution < 1.29 is 35.5 Å². The fraction of sp³-hybridized carbons (Fsp3) is 0.524. The van der Waals surface area contributed by atoms with E-state index in [2.05, 4.69) is 15.1 Å². The molecule has 0 aliphatic carbocycles. The average Bonchev–Trinajstić information content (AvgIpc) is 3.21. The summed E-state index contributed by atoms with van der Waals surface area (Å²) >= 11 is 0. The number of benzene rings is 1. The van der Waals surface area contributed by atoms with Crippen molar-refractivity contribution >= 4 is 15.9 Å². The number of rotatable bonds is 8. The summed E-state index contributed by atoms with van der Waals surface area (Å²) < 4.78 is 85.2. The normalized spacial score (nSPS) is 16.4. The fourth-order valence-corrected chi connectivity index (χ4v) is 4.03. The highest BCUT2D eigenvalue weighted by molar-refractivity contribution is 7.88. The van der Waals surface area contributed by atoms with Crippen LogP contribution >= 0.6 is 0 Å². The second-order valence-electron chi connectivity index (χ2n) is 8.19. The molecule has 34 heavy (non-hydrogen) atoms. The first-order valence-corrected chi connectivity index (χ1v) is 12.5. The van der Waals surface area contributed by atoms with Gasteiger partial charge in [0, 0.05) is 25.3 Å². The first kappa shape index (κ1) is 26.1. The number of carbonyl (C=O) groups excluding carboxylic acids is 1. The van der Waals surface area contributed by atoms with Gasteiger partial charge in [0.25, 0.3) is 0 Å². The highest BCUT2D eigenvalue weighted by atomic mass is 32.2. The third-order valence-electron chi connectivity index (χ3n) is 5.58. The van der Waals surface area contributed by atoms with Crippen LogP contribution in [0.15, 0.2) is 24.3 Å². The standard InChI is InChI=1S/C21H26F4N4O4S/c1-13(14-3-4-15(18(22)9-14)11-27-34(2,31)32)20(30)26-12-17-10-19(21(23,24)25)28-29(17)16-5-7-33-8-6-16/h3-4,9-10,13,16,27H,5-8,11-12H2,1-2H3,(H,26,30). The summed E-state index contributed by atoms with van der Waals surface area (Å²) in [5.74, 6) is -1.98. The van der Waals surface area contributed by atoms with Crippen LogP contribution in [0.25, 0.3) is 0 Å². The number of aromatic nitrogens is 2. The van der Waals surface area contributed by atoms with E-state index in [9.17, 15) is 30.8 Å². The molecule has 3 rings (SSSR count). The number of carbonyl (C=O) groups is 1. The van der Waals surface area contributed by atoms with Crippen molar-refractivity contribution in [3.63, 3.8) is 0 Å². The summed E-state index contributed by atoms with van der Waals surface area (Å²) in [6.45, 7) is 1.95. The summed E-state index contributed by atoms with van der Waals surface area (Å²) in [5.41, 5.74) is -0.362. The van der Waals surface area contributed by atoms with Gasteiger partial charge >= 0.3 is 6.18 Å². The van der Waals surface area contributed by atoms with Crippen LogP contribution in [0, 0.1) is 5.82 Å². The molecule has 1 aromatic heterocycles. The molecule has 0 radical (unpaired) electrons. The maximum atomic E-state index is 14.4. The molecule has 1 unspecified atom stereocenters. The van der Waals surface area contributed by atoms with Crippen LogP contribution in [0.4, 0.5) is 17.6 Å². The topological polar surface area (TPSA) is 102 Å². The Labute approximate surface area is 194 Å². The minimum absolute atomic E-state index is 0.113. The first-order valence-electron chi connectivity index (χ1n) is 10.6. The monoisotopic (exact) mass is 506 g/mol. The zero-order valence-electron chi connectivity index (χ0n) is 18.7. The Morgan fingerprint density at radius 1 is 1.24 bits per heavy atom. The van der Waals surface area contributed by atoms with E-state index in [1.807, 2.05) is 0 Å². The summed E-state index contributed by atoms with van der Waals surface area (Å²) in [4.78, 5) is 12.7. The lowest BCUT2D eigenvalue weighted by Gasteiger charge is -2.24. The number of sulfonamides is 1. The smallest absolute Gasteiger partial charge is 0.381 e. The molecule has 1 fully saturated rings. The van der Waals surface area contributed by atoms with Gasteiger partial charge in [-0.25, -0.2) is 17.5 Å². The van der Waals surface area contributed by atoms with Crippen molar-refractivity contribution in [2.45, 2.75) is 51.0 Å². The van der Waals surface area contributed by atoms with Crippen molar-refractivity contribution in [2.24, 2.45) is 0 Å². The number of nitrogens with zero attached hydrogens (tertiary/aromatic N) is 2. The highest BCUT2D eigenvalue weighted by Gasteiger charge is 2.36. The van der Waals surface area contributed by atoms with Crippen molar-refractivity contribution in [3.8, 4) is 0 Å². The van der Waals surface area contributed by atoms with Crippen molar-refractivity contribution in [2.75, 3.05) is 19.5 Å². The predicted molar refractivity (Wildman–Crippen MR) is 115 cm³/mol. The quantitative estimate of drug-likeness (QED) is 0.536. The number of nitrogens with one attached hydrogen (secondary N) is 2. The Bertz CT molecular complexity index is 1130. The van der Waals surface area contributed by atoms with Gasteiger partial charge in [-0.1, -0.05) is 12.1 Å². The number of hydrogen-bond donors (Lipinski definition) is 2. The predicted octanol–water partition coefficient (Wildman–Crippen LogP) is 2.86. The van der Waals surface area contributed by atoms with Gasteiger partial charge in [-0.15, -0.1) is 0 Å². The van der Waals surface area contributed by atoms with E-state index < -0.39 is 39.5 Å². The third kappa shape index (κ3) is 6.76. The molecule has 8 nitrogen and oxygen atoms in total. The molecule has 1 aliphatic rings. The van der Waals surface area contributed by atoms with Gasteiger partial charge in [-0.05, 0) is 37.5 Å². The summed E-state index contributed by atoms with van der Waals surface area (Å²) in [7, 11) is -3.50. The van der Waals surface area contributed by atoms with Crippen LogP contribution in [0.2, 0.25) is 0 Å². The first-order chi connectivity index (χ1) is 15.8. The van der Waals surface area contributed by atoms with Crippen molar-refractivity contribution in [1.82, 2.24) is 19.8 Å². The molecule has 1 amide bonds. The molecule has 1 aromatic carbocycles.